The minimum atomic E-state index is -3.05. The van der Waals surface area contributed by atoms with Crippen molar-refractivity contribution in [3.8, 4) is 5.69 Å². The first-order valence-electron chi connectivity index (χ1n) is 7.74. The third-order valence-electron chi connectivity index (χ3n) is 4.17. The fourth-order valence-electron chi connectivity index (χ4n) is 2.82. The Labute approximate surface area is 141 Å². The Morgan fingerprint density at radius 1 is 1.29 bits per heavy atom. The molecule has 0 bridgehead atoms. The quantitative estimate of drug-likeness (QED) is 0.808. The molecule has 1 saturated carbocycles. The molecule has 0 radical (unpaired) electrons. The molecule has 0 atom stereocenters. The average molecular weight is 348 g/mol. The van der Waals surface area contributed by atoms with E-state index in [4.69, 9.17) is 0 Å². The summed E-state index contributed by atoms with van der Waals surface area (Å²) in [4.78, 5) is 16.0. The maximum Gasteiger partial charge on any atom is 0.220 e. The van der Waals surface area contributed by atoms with E-state index < -0.39 is 9.84 Å². The van der Waals surface area contributed by atoms with Crippen LogP contribution in [0.4, 0.5) is 0 Å². The summed E-state index contributed by atoms with van der Waals surface area (Å²) in [5.74, 6) is -0.00322. The minimum Gasteiger partial charge on any atom is -0.352 e. The predicted octanol–water partition coefficient (Wildman–Crippen LogP) is 1.10. The summed E-state index contributed by atoms with van der Waals surface area (Å²) < 4.78 is 24.5. The number of benzene rings is 1. The molecular weight excluding hydrogens is 328 g/mol. The third-order valence-corrected chi connectivity index (χ3v) is 5.31. The van der Waals surface area contributed by atoms with Gasteiger partial charge in [-0.25, -0.2) is 18.1 Å². The number of carbonyl (C=O) groups excluding carboxylic acids is 1. The number of nitrogens with zero attached hydrogens (tertiary/aromatic N) is 3. The Hall–Kier alpha value is -2.22. The van der Waals surface area contributed by atoms with Gasteiger partial charge in [-0.15, -0.1) is 0 Å². The zero-order valence-corrected chi connectivity index (χ0v) is 14.3. The van der Waals surface area contributed by atoms with E-state index in [0.717, 1.165) is 24.1 Å². The molecule has 0 unspecified atom stereocenters. The second-order valence-electron chi connectivity index (χ2n) is 6.53. The molecule has 1 fully saturated rings. The number of hydrogen-bond acceptors (Lipinski definition) is 5. The topological polar surface area (TPSA) is 94.0 Å². The number of aromatic nitrogens is 3. The lowest BCUT2D eigenvalue weighted by molar-refractivity contribution is -0.122. The molecule has 0 saturated heterocycles. The number of rotatable bonds is 7. The van der Waals surface area contributed by atoms with Gasteiger partial charge >= 0.3 is 0 Å². The SMILES string of the molecule is CS(=O)(=O)CC1(CC(=O)NCc2ccc(-n3cncn3)cc2)CC1. The Morgan fingerprint density at radius 2 is 2.00 bits per heavy atom. The predicted molar refractivity (Wildman–Crippen MR) is 89.2 cm³/mol. The van der Waals surface area contributed by atoms with Gasteiger partial charge in [0.25, 0.3) is 0 Å². The van der Waals surface area contributed by atoms with E-state index in [1.54, 1.807) is 11.0 Å². The molecule has 8 heteroatoms. The van der Waals surface area contributed by atoms with Crippen LogP contribution in [0.1, 0.15) is 24.8 Å². The Morgan fingerprint density at radius 3 is 2.54 bits per heavy atom. The van der Waals surface area contributed by atoms with Crippen LogP contribution in [0.15, 0.2) is 36.9 Å². The highest BCUT2D eigenvalue weighted by Gasteiger charge is 2.46. The van der Waals surface area contributed by atoms with E-state index in [2.05, 4.69) is 15.4 Å². The van der Waals surface area contributed by atoms with Gasteiger partial charge in [-0.05, 0) is 36.0 Å². The lowest BCUT2D eigenvalue weighted by atomic mass is 10.1. The molecule has 1 aliphatic carbocycles. The van der Waals surface area contributed by atoms with Crippen LogP contribution in [0.25, 0.3) is 5.69 Å². The van der Waals surface area contributed by atoms with Crippen molar-refractivity contribution in [2.24, 2.45) is 5.41 Å². The molecule has 1 aliphatic rings. The van der Waals surface area contributed by atoms with Gasteiger partial charge in [-0.1, -0.05) is 12.1 Å². The van der Waals surface area contributed by atoms with Gasteiger partial charge in [-0.3, -0.25) is 4.79 Å². The summed E-state index contributed by atoms with van der Waals surface area (Å²) in [7, 11) is -3.05. The van der Waals surface area contributed by atoms with Crippen molar-refractivity contribution in [2.45, 2.75) is 25.8 Å². The smallest absolute Gasteiger partial charge is 0.220 e. The third kappa shape index (κ3) is 4.41. The van der Waals surface area contributed by atoms with Crippen molar-refractivity contribution in [1.82, 2.24) is 20.1 Å². The zero-order chi connectivity index (χ0) is 17.2. The van der Waals surface area contributed by atoms with Gasteiger partial charge < -0.3 is 5.32 Å². The Balaban J connectivity index is 1.51. The van der Waals surface area contributed by atoms with E-state index >= 15 is 0 Å². The number of amides is 1. The van der Waals surface area contributed by atoms with Crippen LogP contribution >= 0.6 is 0 Å². The fraction of sp³-hybridized carbons (Fsp3) is 0.438. The molecule has 128 valence electrons. The number of carbonyl (C=O) groups is 1. The molecular formula is C16H20N4O3S. The van der Waals surface area contributed by atoms with Crippen molar-refractivity contribution >= 4 is 15.7 Å². The summed E-state index contributed by atoms with van der Waals surface area (Å²) in [5, 5.41) is 6.92. The van der Waals surface area contributed by atoms with E-state index in [0.29, 0.717) is 6.54 Å². The highest BCUT2D eigenvalue weighted by atomic mass is 32.2. The summed E-state index contributed by atoms with van der Waals surface area (Å²) in [5.41, 5.74) is 1.53. The zero-order valence-electron chi connectivity index (χ0n) is 13.5. The van der Waals surface area contributed by atoms with E-state index in [1.165, 1.54) is 12.6 Å². The monoisotopic (exact) mass is 348 g/mol. The lowest BCUT2D eigenvalue weighted by Crippen LogP contribution is -2.28. The van der Waals surface area contributed by atoms with Gasteiger partial charge in [0.1, 0.15) is 22.5 Å². The van der Waals surface area contributed by atoms with Crippen molar-refractivity contribution in [3.05, 3.63) is 42.5 Å². The van der Waals surface area contributed by atoms with Gasteiger partial charge in [0.2, 0.25) is 5.91 Å². The highest BCUT2D eigenvalue weighted by Crippen LogP contribution is 2.49. The van der Waals surface area contributed by atoms with Crippen LogP contribution in [0.2, 0.25) is 0 Å². The van der Waals surface area contributed by atoms with E-state index in [-0.39, 0.29) is 23.5 Å². The summed E-state index contributed by atoms with van der Waals surface area (Å²) in [6, 6.07) is 7.64. The summed E-state index contributed by atoms with van der Waals surface area (Å²) in [6.07, 6.45) is 6.20. The van der Waals surface area contributed by atoms with Crippen LogP contribution in [0.5, 0.6) is 0 Å². The first kappa shape index (κ1) is 16.6. The molecule has 2 aromatic rings. The molecule has 1 heterocycles. The second kappa shape index (κ2) is 6.35. The van der Waals surface area contributed by atoms with E-state index in [9.17, 15) is 13.2 Å². The average Bonchev–Trinajstić information content (AvgIpc) is 3.02. The largest absolute Gasteiger partial charge is 0.352 e. The maximum atomic E-state index is 12.1. The molecule has 7 nitrogen and oxygen atoms in total. The molecule has 1 N–H and O–H groups in total. The van der Waals surface area contributed by atoms with Crippen molar-refractivity contribution in [1.29, 1.82) is 0 Å². The van der Waals surface area contributed by atoms with Crippen LogP contribution in [-0.2, 0) is 21.2 Å². The minimum absolute atomic E-state index is 0.0972. The highest BCUT2D eigenvalue weighted by molar-refractivity contribution is 7.90. The number of sulfone groups is 1. The van der Waals surface area contributed by atoms with Crippen molar-refractivity contribution in [2.75, 3.05) is 12.0 Å². The van der Waals surface area contributed by atoms with Crippen molar-refractivity contribution < 1.29 is 13.2 Å². The molecule has 1 amide bonds. The molecule has 1 aromatic carbocycles. The van der Waals surface area contributed by atoms with Crippen molar-refractivity contribution in [3.63, 3.8) is 0 Å². The maximum absolute atomic E-state index is 12.1. The van der Waals surface area contributed by atoms with Gasteiger partial charge in [0.15, 0.2) is 0 Å². The molecule has 0 spiro atoms. The molecule has 24 heavy (non-hydrogen) atoms. The first-order chi connectivity index (χ1) is 11.4. The fourth-order valence-corrected chi connectivity index (χ4v) is 4.32. The normalized spacial score (nSPS) is 15.9. The summed E-state index contributed by atoms with van der Waals surface area (Å²) >= 11 is 0. The molecule has 3 rings (SSSR count). The first-order valence-corrected chi connectivity index (χ1v) is 9.80. The second-order valence-corrected chi connectivity index (χ2v) is 8.67. The van der Waals surface area contributed by atoms with E-state index in [1.807, 2.05) is 24.3 Å². The summed E-state index contributed by atoms with van der Waals surface area (Å²) in [6.45, 7) is 0.422. The van der Waals surface area contributed by atoms with Gasteiger partial charge in [-0.2, -0.15) is 5.10 Å². The van der Waals surface area contributed by atoms with Crippen LogP contribution in [-0.4, -0.2) is 41.1 Å². The van der Waals surface area contributed by atoms with Crippen LogP contribution < -0.4 is 5.32 Å². The van der Waals surface area contributed by atoms with Crippen LogP contribution in [0.3, 0.4) is 0 Å². The standard InChI is InChI=1S/C16H20N4O3S/c1-24(22,23)10-16(6-7-16)8-15(21)18-9-13-2-4-14(5-3-13)20-12-17-11-19-20/h2-5,11-12H,6-10H2,1H3,(H,18,21). The number of nitrogens with one attached hydrogen (secondary N) is 1. The lowest BCUT2D eigenvalue weighted by Gasteiger charge is -2.13. The molecule has 1 aromatic heterocycles. The number of hydrogen-bond donors (Lipinski definition) is 1. The molecule has 0 aliphatic heterocycles. The van der Waals surface area contributed by atoms with Gasteiger partial charge in [0.05, 0.1) is 11.4 Å². The van der Waals surface area contributed by atoms with Gasteiger partial charge in [0, 0.05) is 19.2 Å². The Kier molecular flexibility index (Phi) is 4.40. The van der Waals surface area contributed by atoms with Crippen LogP contribution in [0, 0.1) is 5.41 Å². The Bertz CT molecular complexity index is 810.